The van der Waals surface area contributed by atoms with Crippen molar-refractivity contribution in [3.63, 3.8) is 0 Å². The van der Waals surface area contributed by atoms with E-state index in [-0.39, 0.29) is 24.3 Å². The van der Waals surface area contributed by atoms with Crippen molar-refractivity contribution < 1.29 is 21.9 Å². The second-order valence-corrected chi connectivity index (χ2v) is 4.17. The number of nitrogens with two attached hydrogens (primary N) is 1. The van der Waals surface area contributed by atoms with Gasteiger partial charge >= 0.3 is 5.97 Å². The molecule has 1 rings (SSSR count). The molecule has 3 nitrogen and oxygen atoms in total. The number of esters is 1. The van der Waals surface area contributed by atoms with Crippen LogP contribution in [-0.4, -0.2) is 18.6 Å². The van der Waals surface area contributed by atoms with E-state index in [1.54, 1.807) is 0 Å². The summed E-state index contributed by atoms with van der Waals surface area (Å²) in [5.74, 6) is -0.199. The fraction of sp³-hybridized carbons (Fsp3) is 0.462. The van der Waals surface area contributed by atoms with Gasteiger partial charge in [0.15, 0.2) is 0 Å². The smallest absolute Gasteiger partial charge is 0.323 e. The normalized spacial score (nSPS) is 11.8. The van der Waals surface area contributed by atoms with Gasteiger partial charge in [-0.2, -0.15) is 0 Å². The maximum atomic E-state index is 11.4. The lowest BCUT2D eigenvalue weighted by atomic mass is 10.1. The molecule has 96 valence electrons. The lowest BCUT2D eigenvalue weighted by Gasteiger charge is -2.14. The zero-order valence-electron chi connectivity index (χ0n) is 10.2. The van der Waals surface area contributed by atoms with Crippen molar-refractivity contribution in [2.24, 2.45) is 11.7 Å². The average Bonchev–Trinajstić information content (AvgIpc) is 2.29. The summed E-state index contributed by atoms with van der Waals surface area (Å²) in [7, 11) is 0. The molecule has 1 aromatic rings. The Morgan fingerprint density at radius 1 is 1.29 bits per heavy atom. The molecule has 2 N–H and O–H groups in total. The molecule has 1 aromatic carbocycles. The van der Waals surface area contributed by atoms with Crippen LogP contribution in [-0.2, 0) is 16.0 Å². The zero-order chi connectivity index (χ0) is 12.0. The van der Waals surface area contributed by atoms with Gasteiger partial charge in [-0.05, 0) is 11.5 Å². The van der Waals surface area contributed by atoms with Crippen molar-refractivity contribution in [3.05, 3.63) is 35.9 Å². The highest BCUT2D eigenvalue weighted by atomic mass is 35.5. The molecule has 0 aromatic heterocycles. The number of hydrogen-bond donors (Lipinski definition) is 1. The molecule has 0 aliphatic heterocycles. The van der Waals surface area contributed by atoms with Crippen molar-refractivity contribution in [3.8, 4) is 0 Å². The highest BCUT2D eigenvalue weighted by molar-refractivity contribution is 5.75. The van der Waals surface area contributed by atoms with E-state index in [1.807, 2.05) is 44.2 Å². The van der Waals surface area contributed by atoms with Crippen LogP contribution in [0.4, 0.5) is 0 Å². The SMILES string of the molecule is CC(C)C(N)C(=O)OCCc1ccccc1.[Cl-]. The number of rotatable bonds is 5. The summed E-state index contributed by atoms with van der Waals surface area (Å²) in [6.07, 6.45) is 0.734. The van der Waals surface area contributed by atoms with Crippen molar-refractivity contribution in [2.75, 3.05) is 6.61 Å². The molecular formula is C13H19ClNO2-. The van der Waals surface area contributed by atoms with E-state index in [2.05, 4.69) is 0 Å². The van der Waals surface area contributed by atoms with Gasteiger partial charge in [0.05, 0.1) is 6.61 Å². The van der Waals surface area contributed by atoms with Crippen LogP contribution in [0.1, 0.15) is 19.4 Å². The Bertz CT molecular complexity index is 327. The van der Waals surface area contributed by atoms with Gasteiger partial charge in [-0.1, -0.05) is 44.2 Å². The first-order chi connectivity index (χ1) is 7.61. The Kier molecular flexibility index (Phi) is 7.59. The topological polar surface area (TPSA) is 52.3 Å². The van der Waals surface area contributed by atoms with E-state index in [4.69, 9.17) is 10.5 Å². The fourth-order valence-electron chi connectivity index (χ4n) is 1.28. The largest absolute Gasteiger partial charge is 1.00 e. The van der Waals surface area contributed by atoms with Gasteiger partial charge in [-0.3, -0.25) is 4.79 Å². The van der Waals surface area contributed by atoms with E-state index in [0.717, 1.165) is 12.0 Å². The fourth-order valence-corrected chi connectivity index (χ4v) is 1.28. The zero-order valence-corrected chi connectivity index (χ0v) is 11.0. The van der Waals surface area contributed by atoms with E-state index < -0.39 is 6.04 Å². The van der Waals surface area contributed by atoms with Crippen molar-refractivity contribution in [2.45, 2.75) is 26.3 Å². The molecular weight excluding hydrogens is 238 g/mol. The molecule has 0 aliphatic carbocycles. The monoisotopic (exact) mass is 256 g/mol. The Morgan fingerprint density at radius 2 is 1.88 bits per heavy atom. The summed E-state index contributed by atoms with van der Waals surface area (Å²) in [6, 6.07) is 9.40. The van der Waals surface area contributed by atoms with Crippen LogP contribution in [0.2, 0.25) is 0 Å². The molecule has 0 saturated heterocycles. The molecule has 0 heterocycles. The van der Waals surface area contributed by atoms with Crippen LogP contribution in [0.3, 0.4) is 0 Å². The lowest BCUT2D eigenvalue weighted by molar-refractivity contribution is -0.146. The van der Waals surface area contributed by atoms with E-state index in [9.17, 15) is 4.79 Å². The van der Waals surface area contributed by atoms with Crippen molar-refractivity contribution >= 4 is 5.97 Å². The van der Waals surface area contributed by atoms with E-state index in [1.165, 1.54) is 0 Å². The molecule has 0 bridgehead atoms. The van der Waals surface area contributed by atoms with Crippen molar-refractivity contribution in [1.29, 1.82) is 0 Å². The number of carbonyl (C=O) groups excluding carboxylic acids is 1. The maximum Gasteiger partial charge on any atom is 0.323 e. The molecule has 0 amide bonds. The summed E-state index contributed by atoms with van der Waals surface area (Å²) in [5.41, 5.74) is 6.83. The standard InChI is InChI=1S/C13H19NO2.ClH/c1-10(2)12(14)13(15)16-9-8-11-6-4-3-5-7-11;/h3-7,10,12H,8-9,14H2,1-2H3;1H/p-1. The van der Waals surface area contributed by atoms with Gasteiger partial charge in [0.1, 0.15) is 6.04 Å². The van der Waals surface area contributed by atoms with Crippen LogP contribution >= 0.6 is 0 Å². The molecule has 0 saturated carbocycles. The Morgan fingerprint density at radius 3 is 2.41 bits per heavy atom. The minimum absolute atomic E-state index is 0. The van der Waals surface area contributed by atoms with Gasteiger partial charge in [0, 0.05) is 6.42 Å². The molecule has 0 fully saturated rings. The predicted octanol–water partition coefficient (Wildman–Crippen LogP) is -1.24. The van der Waals surface area contributed by atoms with Crippen LogP contribution in [0.25, 0.3) is 0 Å². The molecule has 1 atom stereocenters. The second-order valence-electron chi connectivity index (χ2n) is 4.17. The number of ether oxygens (including phenoxy) is 1. The third-order valence-electron chi connectivity index (χ3n) is 2.47. The summed E-state index contributed by atoms with van der Waals surface area (Å²) in [4.78, 5) is 11.4. The molecule has 17 heavy (non-hydrogen) atoms. The van der Waals surface area contributed by atoms with Gasteiger partial charge < -0.3 is 22.9 Å². The predicted molar refractivity (Wildman–Crippen MR) is 63.9 cm³/mol. The minimum atomic E-state index is -0.518. The number of halogens is 1. The van der Waals surface area contributed by atoms with E-state index in [0.29, 0.717) is 6.61 Å². The van der Waals surface area contributed by atoms with Gasteiger partial charge in [0.25, 0.3) is 0 Å². The first-order valence-corrected chi connectivity index (χ1v) is 5.57. The average molecular weight is 257 g/mol. The van der Waals surface area contributed by atoms with Crippen LogP contribution in [0.15, 0.2) is 30.3 Å². The molecule has 1 unspecified atom stereocenters. The Balaban J connectivity index is 0.00000256. The number of hydrogen-bond acceptors (Lipinski definition) is 3. The quantitative estimate of drug-likeness (QED) is 0.671. The highest BCUT2D eigenvalue weighted by Gasteiger charge is 2.18. The summed E-state index contributed by atoms with van der Waals surface area (Å²) in [6.45, 7) is 4.20. The third kappa shape index (κ3) is 5.71. The van der Waals surface area contributed by atoms with Gasteiger partial charge in [0.2, 0.25) is 0 Å². The second kappa shape index (κ2) is 8.09. The van der Waals surface area contributed by atoms with Gasteiger partial charge in [-0.15, -0.1) is 0 Å². The third-order valence-corrected chi connectivity index (χ3v) is 2.47. The summed E-state index contributed by atoms with van der Waals surface area (Å²) in [5, 5.41) is 0. The maximum absolute atomic E-state index is 11.4. The summed E-state index contributed by atoms with van der Waals surface area (Å²) < 4.78 is 5.11. The van der Waals surface area contributed by atoms with Crippen LogP contribution in [0, 0.1) is 5.92 Å². The molecule has 0 radical (unpaired) electrons. The first kappa shape index (κ1) is 15.9. The van der Waals surface area contributed by atoms with Gasteiger partial charge in [-0.25, -0.2) is 0 Å². The number of benzene rings is 1. The highest BCUT2D eigenvalue weighted by Crippen LogP contribution is 2.03. The molecule has 0 spiro atoms. The van der Waals surface area contributed by atoms with E-state index >= 15 is 0 Å². The minimum Gasteiger partial charge on any atom is -1.00 e. The Labute approximate surface area is 109 Å². The van der Waals surface area contributed by atoms with Crippen molar-refractivity contribution in [1.82, 2.24) is 0 Å². The molecule has 0 aliphatic rings. The summed E-state index contributed by atoms with van der Waals surface area (Å²) >= 11 is 0. The molecule has 4 heteroatoms. The van der Waals surface area contributed by atoms with Crippen LogP contribution < -0.4 is 18.1 Å². The number of carbonyl (C=O) groups is 1. The lowest BCUT2D eigenvalue weighted by Crippen LogP contribution is -3.00. The first-order valence-electron chi connectivity index (χ1n) is 5.57. The Hall–Kier alpha value is -1.06. The van der Waals surface area contributed by atoms with Crippen LogP contribution in [0.5, 0.6) is 0 Å².